The third-order valence-electron chi connectivity index (χ3n) is 4.96. The molecule has 0 spiro atoms. The molecule has 1 aliphatic carbocycles. The van der Waals surface area contributed by atoms with Gasteiger partial charge in [-0.2, -0.15) is 0 Å². The van der Waals surface area contributed by atoms with E-state index in [4.69, 9.17) is 4.74 Å². The molecule has 0 amide bonds. The molecule has 1 heterocycles. The largest absolute Gasteiger partial charge is 0.509 e. The van der Waals surface area contributed by atoms with Crippen molar-refractivity contribution in [3.8, 4) is 0 Å². The van der Waals surface area contributed by atoms with Crippen LogP contribution in [-0.4, -0.2) is 36.8 Å². The summed E-state index contributed by atoms with van der Waals surface area (Å²) in [6.07, 6.45) is 2.35. The molecular formula is C20H26FNO2. The lowest BCUT2D eigenvalue weighted by Crippen LogP contribution is -2.42. The topological polar surface area (TPSA) is 32.7 Å². The molecule has 1 atom stereocenters. The molecule has 1 N–H and O–H groups in total. The van der Waals surface area contributed by atoms with Crippen LogP contribution in [0.2, 0.25) is 0 Å². The number of benzene rings is 1. The van der Waals surface area contributed by atoms with Crippen LogP contribution in [0.3, 0.4) is 0 Å². The third-order valence-corrected chi connectivity index (χ3v) is 4.96. The highest BCUT2D eigenvalue weighted by molar-refractivity contribution is 5.83. The number of aliphatic hydroxyl groups is 1. The first kappa shape index (κ1) is 17.0. The Labute approximate surface area is 143 Å². The number of aliphatic hydroxyl groups excluding tert-OH is 1. The van der Waals surface area contributed by atoms with Gasteiger partial charge in [-0.25, -0.2) is 4.39 Å². The fourth-order valence-corrected chi connectivity index (χ4v) is 3.86. The standard InChI is InChI=1S/C20H26FNO2/c1-12(2)18-20(23)17(13-7-9-15(21)10-8-13)16(11-24-4)19(22(18)3)14-5-6-14/h7-10,12,14,18,23H,5-6,11H2,1-4H3. The quantitative estimate of drug-likeness (QED) is 0.869. The minimum atomic E-state index is -0.271. The van der Waals surface area contributed by atoms with Gasteiger partial charge in [-0.05, 0) is 42.4 Å². The van der Waals surface area contributed by atoms with Gasteiger partial charge in [0.1, 0.15) is 11.6 Å². The van der Waals surface area contributed by atoms with Crippen LogP contribution >= 0.6 is 0 Å². The number of methoxy groups -OCH3 is 1. The summed E-state index contributed by atoms with van der Waals surface area (Å²) in [5.41, 5.74) is 3.96. The van der Waals surface area contributed by atoms with Crippen molar-refractivity contribution < 1.29 is 14.2 Å². The van der Waals surface area contributed by atoms with Crippen LogP contribution in [0.15, 0.2) is 41.3 Å². The number of rotatable bonds is 5. The van der Waals surface area contributed by atoms with Crippen molar-refractivity contribution in [1.29, 1.82) is 0 Å². The van der Waals surface area contributed by atoms with E-state index in [0.29, 0.717) is 18.3 Å². The summed E-state index contributed by atoms with van der Waals surface area (Å²) in [4.78, 5) is 2.22. The van der Waals surface area contributed by atoms with Gasteiger partial charge in [0, 0.05) is 31.0 Å². The molecule has 0 aromatic heterocycles. The molecular weight excluding hydrogens is 305 g/mol. The Bertz CT molecular complexity index is 671. The fourth-order valence-electron chi connectivity index (χ4n) is 3.86. The van der Waals surface area contributed by atoms with Crippen LogP contribution in [0.1, 0.15) is 32.3 Å². The van der Waals surface area contributed by atoms with Crippen molar-refractivity contribution >= 4 is 5.57 Å². The maximum Gasteiger partial charge on any atom is 0.123 e. The van der Waals surface area contributed by atoms with Gasteiger partial charge in [-0.1, -0.05) is 26.0 Å². The number of likely N-dealkylation sites (N-methyl/N-ethyl adjacent to an activating group) is 1. The molecule has 1 aromatic rings. The predicted molar refractivity (Wildman–Crippen MR) is 94.0 cm³/mol. The molecule has 1 saturated carbocycles. The molecule has 1 fully saturated rings. The molecule has 4 heteroatoms. The van der Waals surface area contributed by atoms with E-state index < -0.39 is 0 Å². The Morgan fingerprint density at radius 3 is 2.38 bits per heavy atom. The maximum absolute atomic E-state index is 13.4. The second-order valence-electron chi connectivity index (χ2n) is 7.14. The molecule has 3 nitrogen and oxygen atoms in total. The van der Waals surface area contributed by atoms with Gasteiger partial charge in [0.2, 0.25) is 0 Å². The minimum Gasteiger partial charge on any atom is -0.509 e. The number of hydrogen-bond donors (Lipinski definition) is 1. The van der Waals surface area contributed by atoms with Crippen molar-refractivity contribution in [2.24, 2.45) is 11.8 Å². The molecule has 130 valence electrons. The van der Waals surface area contributed by atoms with Crippen LogP contribution < -0.4 is 0 Å². The average molecular weight is 331 g/mol. The van der Waals surface area contributed by atoms with Gasteiger partial charge in [-0.15, -0.1) is 0 Å². The zero-order valence-corrected chi connectivity index (χ0v) is 14.8. The molecule has 0 bridgehead atoms. The zero-order valence-electron chi connectivity index (χ0n) is 14.8. The highest BCUT2D eigenvalue weighted by Crippen LogP contribution is 2.47. The summed E-state index contributed by atoms with van der Waals surface area (Å²) in [6.45, 7) is 4.68. The Morgan fingerprint density at radius 1 is 1.25 bits per heavy atom. The van der Waals surface area contributed by atoms with E-state index in [9.17, 15) is 9.50 Å². The van der Waals surface area contributed by atoms with E-state index in [1.807, 2.05) is 0 Å². The number of allylic oxidation sites excluding steroid dienone is 1. The van der Waals surface area contributed by atoms with Crippen molar-refractivity contribution in [3.05, 3.63) is 52.7 Å². The second kappa shape index (κ2) is 6.60. The molecule has 0 saturated heterocycles. The van der Waals surface area contributed by atoms with Gasteiger partial charge in [0.25, 0.3) is 0 Å². The lowest BCUT2D eigenvalue weighted by atomic mass is 9.84. The van der Waals surface area contributed by atoms with Crippen LogP contribution in [0, 0.1) is 17.7 Å². The summed E-state index contributed by atoms with van der Waals surface area (Å²) < 4.78 is 18.8. The van der Waals surface area contributed by atoms with Gasteiger partial charge in [0.05, 0.1) is 12.6 Å². The van der Waals surface area contributed by atoms with Gasteiger partial charge in [0.15, 0.2) is 0 Å². The van der Waals surface area contributed by atoms with E-state index in [-0.39, 0.29) is 17.8 Å². The Morgan fingerprint density at radius 2 is 1.88 bits per heavy atom. The second-order valence-corrected chi connectivity index (χ2v) is 7.14. The van der Waals surface area contributed by atoms with Crippen LogP contribution in [0.25, 0.3) is 5.57 Å². The molecule has 3 rings (SSSR count). The molecule has 0 radical (unpaired) electrons. The van der Waals surface area contributed by atoms with E-state index >= 15 is 0 Å². The molecule has 2 aliphatic rings. The molecule has 1 aromatic carbocycles. The van der Waals surface area contributed by atoms with Crippen LogP contribution in [0.5, 0.6) is 0 Å². The maximum atomic E-state index is 13.4. The summed E-state index contributed by atoms with van der Waals surface area (Å²) in [7, 11) is 3.73. The number of ether oxygens (including phenoxy) is 1. The number of halogens is 1. The average Bonchev–Trinajstić information content (AvgIpc) is 3.33. The highest BCUT2D eigenvalue weighted by atomic mass is 19.1. The summed E-state index contributed by atoms with van der Waals surface area (Å²) in [6, 6.07) is 6.30. The van der Waals surface area contributed by atoms with Crippen molar-refractivity contribution in [3.63, 3.8) is 0 Å². The summed E-state index contributed by atoms with van der Waals surface area (Å²) in [5.74, 6) is 0.885. The number of nitrogens with zero attached hydrogens (tertiary/aromatic N) is 1. The zero-order chi connectivity index (χ0) is 17.4. The lowest BCUT2D eigenvalue weighted by Gasteiger charge is -2.41. The van der Waals surface area contributed by atoms with Gasteiger partial charge >= 0.3 is 0 Å². The van der Waals surface area contributed by atoms with Crippen molar-refractivity contribution in [1.82, 2.24) is 4.90 Å². The van der Waals surface area contributed by atoms with Crippen LogP contribution in [0.4, 0.5) is 4.39 Å². The van der Waals surface area contributed by atoms with E-state index in [1.165, 1.54) is 30.7 Å². The smallest absolute Gasteiger partial charge is 0.123 e. The summed E-state index contributed by atoms with van der Waals surface area (Å²) >= 11 is 0. The monoisotopic (exact) mass is 331 g/mol. The molecule has 1 aliphatic heterocycles. The Kier molecular flexibility index (Phi) is 4.68. The fraction of sp³-hybridized carbons (Fsp3) is 0.500. The lowest BCUT2D eigenvalue weighted by molar-refractivity contribution is 0.179. The normalized spacial score (nSPS) is 21.9. The molecule has 24 heavy (non-hydrogen) atoms. The predicted octanol–water partition coefficient (Wildman–Crippen LogP) is 4.38. The highest BCUT2D eigenvalue weighted by Gasteiger charge is 2.41. The third kappa shape index (κ3) is 2.95. The first-order chi connectivity index (χ1) is 11.5. The molecule has 1 unspecified atom stereocenters. The number of hydrogen-bond acceptors (Lipinski definition) is 3. The Balaban J connectivity index is 2.19. The van der Waals surface area contributed by atoms with Gasteiger partial charge in [-0.3, -0.25) is 0 Å². The van der Waals surface area contributed by atoms with E-state index in [2.05, 4.69) is 25.8 Å². The van der Waals surface area contributed by atoms with Gasteiger partial charge < -0.3 is 14.7 Å². The first-order valence-electron chi connectivity index (χ1n) is 8.60. The SMILES string of the molecule is COCC1=C(C2CC2)N(C)C(C(C)C)C(O)=C1c1ccc(F)cc1. The first-order valence-corrected chi connectivity index (χ1v) is 8.60. The van der Waals surface area contributed by atoms with Crippen molar-refractivity contribution in [2.45, 2.75) is 32.7 Å². The minimum absolute atomic E-state index is 0.0683. The van der Waals surface area contributed by atoms with E-state index in [1.54, 1.807) is 19.2 Å². The summed E-state index contributed by atoms with van der Waals surface area (Å²) in [5, 5.41) is 11.1. The van der Waals surface area contributed by atoms with E-state index in [0.717, 1.165) is 16.7 Å². The van der Waals surface area contributed by atoms with Crippen LogP contribution in [-0.2, 0) is 4.74 Å². The Hall–Kier alpha value is -1.81. The van der Waals surface area contributed by atoms with Crippen molar-refractivity contribution in [2.75, 3.05) is 20.8 Å².